The minimum Gasteiger partial charge on any atom is -0.387 e. The number of fused-ring (bicyclic) bond motifs is 1. The van der Waals surface area contributed by atoms with Crippen molar-refractivity contribution in [2.75, 3.05) is 17.8 Å². The monoisotopic (exact) mass is 605 g/mol. The number of halogens is 2. The third-order valence-corrected chi connectivity index (χ3v) is 9.65. The minimum atomic E-state index is -4.87. The molecule has 1 unspecified atom stereocenters. The Morgan fingerprint density at radius 2 is 1.92 bits per heavy atom. The molecule has 1 aromatic carbocycles. The van der Waals surface area contributed by atoms with Crippen LogP contribution < -0.4 is 5.32 Å². The van der Waals surface area contributed by atoms with Crippen LogP contribution in [-0.2, 0) is 18.4 Å². The quantitative estimate of drug-likeness (QED) is 0.152. The molecule has 1 fully saturated rings. The Morgan fingerprint density at radius 3 is 2.54 bits per heavy atom. The molecule has 0 bridgehead atoms. The second-order valence-corrected chi connectivity index (χ2v) is 13.1. The second kappa shape index (κ2) is 11.2. The third-order valence-electron chi connectivity index (χ3n) is 5.92. The average Bonchev–Trinajstić information content (AvgIpc) is 3.37. The lowest BCUT2D eigenvalue weighted by Crippen LogP contribution is -2.33. The Morgan fingerprint density at radius 1 is 1.26 bits per heavy atom. The summed E-state index contributed by atoms with van der Waals surface area (Å²) in [5.74, 6) is -1.85. The van der Waals surface area contributed by atoms with Crippen molar-refractivity contribution in [3.8, 4) is 6.07 Å². The number of imidazole rings is 1. The van der Waals surface area contributed by atoms with Crippen LogP contribution in [0.3, 0.4) is 0 Å². The molecule has 0 radical (unpaired) electrons. The Kier molecular flexibility index (Phi) is 8.47. The van der Waals surface area contributed by atoms with Crippen molar-refractivity contribution < 1.29 is 47.7 Å². The van der Waals surface area contributed by atoms with Crippen LogP contribution in [0.2, 0.25) is 5.15 Å². The molecule has 1 saturated heterocycles. The summed E-state index contributed by atoms with van der Waals surface area (Å²) in [4.78, 5) is 36.0. The lowest BCUT2D eigenvalue weighted by Gasteiger charge is -2.19. The van der Waals surface area contributed by atoms with Gasteiger partial charge in [-0.15, -0.1) is 0 Å². The Labute approximate surface area is 225 Å². The van der Waals surface area contributed by atoms with E-state index in [0.717, 1.165) is 0 Å². The number of nitrogens with zero attached hydrogens (tertiary/aromatic N) is 4. The van der Waals surface area contributed by atoms with Gasteiger partial charge in [0.15, 0.2) is 22.9 Å². The van der Waals surface area contributed by atoms with E-state index in [-0.39, 0.29) is 27.6 Å². The second-order valence-electron chi connectivity index (χ2n) is 8.79. The molecule has 1 aliphatic rings. The SMILES string of the molecule is C[C@H](Nc1c(C#N)c(Cl)nc2c1ncn2[C@@H]1O[C@H](COP(=O)(O)CP(=O)(O)O)[C@@H](O)[C@H]1O)c1ccc(F)cc1. The van der Waals surface area contributed by atoms with Crippen molar-refractivity contribution >= 4 is 43.6 Å². The summed E-state index contributed by atoms with van der Waals surface area (Å²) in [6.07, 6.45) is -4.73. The molecule has 0 spiro atoms. The number of hydrogen-bond acceptors (Lipinski definition) is 10. The normalized spacial score (nSPS) is 23.9. The Bertz CT molecular complexity index is 1510. The first-order valence-corrected chi connectivity index (χ1v) is 15.1. The summed E-state index contributed by atoms with van der Waals surface area (Å²) < 4.78 is 47.9. The molecule has 0 saturated carbocycles. The van der Waals surface area contributed by atoms with E-state index in [9.17, 15) is 33.9 Å². The topological polar surface area (TPSA) is 220 Å². The van der Waals surface area contributed by atoms with Gasteiger partial charge < -0.3 is 39.5 Å². The lowest BCUT2D eigenvalue weighted by molar-refractivity contribution is -0.0483. The van der Waals surface area contributed by atoms with Gasteiger partial charge in [0.05, 0.1) is 18.6 Å². The molecule has 6 N–H and O–H groups in total. The fraction of sp³-hybridized carbons (Fsp3) is 0.381. The van der Waals surface area contributed by atoms with Crippen molar-refractivity contribution in [1.29, 1.82) is 5.26 Å². The number of nitrogens with one attached hydrogen (secondary N) is 1. The number of hydrogen-bond donors (Lipinski definition) is 6. The van der Waals surface area contributed by atoms with Crippen molar-refractivity contribution in [3.05, 3.63) is 52.7 Å². The summed E-state index contributed by atoms with van der Waals surface area (Å²) in [5, 5.41) is 33.7. The first kappa shape index (κ1) is 29.5. The molecule has 6 atom stereocenters. The van der Waals surface area contributed by atoms with Crippen molar-refractivity contribution in [1.82, 2.24) is 14.5 Å². The highest BCUT2D eigenvalue weighted by Crippen LogP contribution is 2.55. The van der Waals surface area contributed by atoms with Gasteiger partial charge in [0.2, 0.25) is 0 Å². The van der Waals surface area contributed by atoms with Crippen LogP contribution in [0.4, 0.5) is 10.1 Å². The van der Waals surface area contributed by atoms with Gasteiger partial charge in [-0.25, -0.2) is 14.4 Å². The third kappa shape index (κ3) is 6.48. The van der Waals surface area contributed by atoms with Crippen LogP contribution >= 0.6 is 26.8 Å². The number of aliphatic hydroxyl groups is 2. The zero-order valence-corrected chi connectivity index (χ0v) is 22.5. The molecule has 0 amide bonds. The van der Waals surface area contributed by atoms with E-state index >= 15 is 0 Å². The van der Waals surface area contributed by atoms with Crippen molar-refractivity contribution in [3.63, 3.8) is 0 Å². The van der Waals surface area contributed by atoms with Gasteiger partial charge in [0.1, 0.15) is 41.3 Å². The van der Waals surface area contributed by atoms with Crippen LogP contribution in [0.15, 0.2) is 30.6 Å². The summed E-state index contributed by atoms with van der Waals surface area (Å²) >= 11 is 6.28. The van der Waals surface area contributed by atoms with E-state index in [1.54, 1.807) is 19.1 Å². The van der Waals surface area contributed by atoms with E-state index in [0.29, 0.717) is 5.56 Å². The van der Waals surface area contributed by atoms with Gasteiger partial charge in [0, 0.05) is 6.04 Å². The molecule has 3 aromatic rings. The maximum absolute atomic E-state index is 13.3. The van der Waals surface area contributed by atoms with Gasteiger partial charge in [-0.2, -0.15) is 5.26 Å². The molecule has 0 aliphatic carbocycles. The molecular weight excluding hydrogens is 583 g/mol. The van der Waals surface area contributed by atoms with E-state index in [2.05, 4.69) is 15.3 Å². The van der Waals surface area contributed by atoms with Gasteiger partial charge in [0.25, 0.3) is 0 Å². The van der Waals surface area contributed by atoms with Crippen LogP contribution in [0.1, 0.15) is 30.3 Å². The first-order chi connectivity index (χ1) is 18.2. The van der Waals surface area contributed by atoms with Crippen LogP contribution in [-0.4, -0.2) is 70.3 Å². The van der Waals surface area contributed by atoms with Gasteiger partial charge >= 0.3 is 15.2 Å². The lowest BCUT2D eigenvalue weighted by atomic mass is 10.1. The fourth-order valence-corrected chi connectivity index (χ4v) is 6.84. The molecule has 18 heteroatoms. The number of benzene rings is 1. The molecule has 4 rings (SSSR count). The molecule has 39 heavy (non-hydrogen) atoms. The predicted molar refractivity (Wildman–Crippen MR) is 134 cm³/mol. The van der Waals surface area contributed by atoms with Crippen molar-refractivity contribution in [2.45, 2.75) is 37.5 Å². The zero-order valence-electron chi connectivity index (χ0n) is 20.0. The summed E-state index contributed by atoms with van der Waals surface area (Å²) in [7, 11) is -9.61. The predicted octanol–water partition coefficient (Wildman–Crippen LogP) is 2.22. The Balaban J connectivity index is 1.62. The number of aromatic nitrogens is 3. The summed E-state index contributed by atoms with van der Waals surface area (Å²) in [5.41, 5.74) is 1.10. The molecule has 14 nitrogen and oxygen atoms in total. The van der Waals surface area contributed by atoms with Crippen LogP contribution in [0.25, 0.3) is 11.2 Å². The molecule has 3 heterocycles. The van der Waals surface area contributed by atoms with E-state index in [1.807, 2.05) is 6.07 Å². The van der Waals surface area contributed by atoms with E-state index < -0.39 is 64.1 Å². The largest absolute Gasteiger partial charge is 0.387 e. The Hall–Kier alpha value is -2.47. The first-order valence-electron chi connectivity index (χ1n) is 11.2. The number of pyridine rings is 1. The molecule has 2 aromatic heterocycles. The maximum Gasteiger partial charge on any atom is 0.340 e. The number of nitriles is 1. The molecule has 210 valence electrons. The van der Waals surface area contributed by atoms with Crippen LogP contribution in [0, 0.1) is 17.1 Å². The highest BCUT2D eigenvalue weighted by Gasteiger charge is 2.46. The summed E-state index contributed by atoms with van der Waals surface area (Å²) in [6.45, 7) is 0.993. The van der Waals surface area contributed by atoms with E-state index in [4.69, 9.17) is 30.6 Å². The number of rotatable bonds is 9. The van der Waals surface area contributed by atoms with Crippen molar-refractivity contribution in [2.24, 2.45) is 0 Å². The summed E-state index contributed by atoms with van der Waals surface area (Å²) in [6, 6.07) is 7.24. The highest BCUT2D eigenvalue weighted by molar-refractivity contribution is 7.70. The average molecular weight is 606 g/mol. The smallest absolute Gasteiger partial charge is 0.340 e. The van der Waals surface area contributed by atoms with E-state index in [1.165, 1.54) is 23.0 Å². The van der Waals surface area contributed by atoms with Gasteiger partial charge in [-0.1, -0.05) is 23.7 Å². The van der Waals surface area contributed by atoms with Crippen LogP contribution in [0.5, 0.6) is 0 Å². The number of ether oxygens (including phenoxy) is 1. The molecule has 1 aliphatic heterocycles. The standard InChI is InChI=1S/C21H23ClFN5O9P2/c1-10(11-2-4-12(23)5-3-11)26-15-13(6-24)19(22)27-20-16(15)25-8-28(20)21-18(30)17(29)14(37-21)7-36-39(34,35)9-38(31,32)33/h2-5,8,10,14,17-18,21,29-30H,7,9H2,1H3,(H,26,27)(H,34,35)(H2,31,32,33)/t10-,14+,17+,18+,21+/m0/s1. The maximum atomic E-state index is 13.3. The molecular formula is C21H23ClFN5O9P2. The number of anilines is 1. The van der Waals surface area contributed by atoms with Gasteiger partial charge in [-0.05, 0) is 24.6 Å². The highest BCUT2D eigenvalue weighted by atomic mass is 35.5. The number of aliphatic hydroxyl groups excluding tert-OH is 2. The minimum absolute atomic E-state index is 0.0219. The zero-order chi connectivity index (χ0) is 28.7. The van der Waals surface area contributed by atoms with Gasteiger partial charge in [-0.3, -0.25) is 13.7 Å². The fourth-order valence-electron chi connectivity index (χ4n) is 4.05.